The number of hydrogen-bond donors (Lipinski definition) is 2. The maximum absolute atomic E-state index is 12.4. The number of rotatable bonds is 7. The predicted molar refractivity (Wildman–Crippen MR) is 104 cm³/mol. The van der Waals surface area contributed by atoms with E-state index in [1.807, 2.05) is 30.7 Å². The van der Waals surface area contributed by atoms with E-state index in [0.29, 0.717) is 12.2 Å². The smallest absolute Gasteiger partial charge is 0.354 e. The van der Waals surface area contributed by atoms with E-state index in [2.05, 4.69) is 34.6 Å². The van der Waals surface area contributed by atoms with Gasteiger partial charge in [0.1, 0.15) is 5.69 Å². The molecule has 0 saturated heterocycles. The number of anilines is 1. The fraction of sp³-hybridized carbons (Fsp3) is 0.300. The molecule has 1 amide bonds. The summed E-state index contributed by atoms with van der Waals surface area (Å²) in [5, 5.41) is 20.5. The fourth-order valence-electron chi connectivity index (χ4n) is 3.08. The van der Waals surface area contributed by atoms with Gasteiger partial charge in [-0.2, -0.15) is 10.2 Å². The minimum absolute atomic E-state index is 0.0613. The third-order valence-electron chi connectivity index (χ3n) is 4.71. The molecular formula is C20H23N5O3. The summed E-state index contributed by atoms with van der Waals surface area (Å²) in [6, 6.07) is 9.53. The number of carbonyl (C=O) groups excluding carboxylic acids is 1. The highest BCUT2D eigenvalue weighted by atomic mass is 16.4. The molecule has 8 heteroatoms. The van der Waals surface area contributed by atoms with Gasteiger partial charge in [-0.3, -0.25) is 14.2 Å². The van der Waals surface area contributed by atoms with Crippen LogP contribution in [-0.2, 0) is 17.9 Å². The number of carboxylic acid groups (broad SMARTS) is 1. The Bertz CT molecular complexity index is 1020. The molecule has 0 aliphatic rings. The van der Waals surface area contributed by atoms with Gasteiger partial charge in [-0.1, -0.05) is 24.3 Å². The highest BCUT2D eigenvalue weighted by Gasteiger charge is 2.16. The lowest BCUT2D eigenvalue weighted by Crippen LogP contribution is -2.18. The standard InChI is InChI=1S/C20H23N5O3/c1-13-6-4-5-7-16(13)12-25-15(3)19(14(2)23-25)22-18(26)9-11-24-17(20(27)28)8-10-21-24/h4-8,10H,9,11-12H2,1-3H3,(H,22,26)(H,27,28). The van der Waals surface area contributed by atoms with Gasteiger partial charge in [0, 0.05) is 12.6 Å². The first kappa shape index (κ1) is 19.3. The normalized spacial score (nSPS) is 10.8. The molecule has 0 atom stereocenters. The molecule has 2 N–H and O–H groups in total. The lowest BCUT2D eigenvalue weighted by molar-refractivity contribution is -0.116. The lowest BCUT2D eigenvalue weighted by Gasteiger charge is -2.09. The minimum Gasteiger partial charge on any atom is -0.477 e. The number of carboxylic acids is 1. The van der Waals surface area contributed by atoms with Crippen molar-refractivity contribution in [3.63, 3.8) is 0 Å². The van der Waals surface area contributed by atoms with Crippen molar-refractivity contribution >= 4 is 17.6 Å². The second-order valence-electron chi connectivity index (χ2n) is 6.67. The number of aryl methyl sites for hydroxylation is 3. The van der Waals surface area contributed by atoms with Gasteiger partial charge in [0.2, 0.25) is 5.91 Å². The van der Waals surface area contributed by atoms with Gasteiger partial charge in [0.05, 0.1) is 30.2 Å². The first-order chi connectivity index (χ1) is 13.4. The topological polar surface area (TPSA) is 102 Å². The highest BCUT2D eigenvalue weighted by molar-refractivity contribution is 5.92. The van der Waals surface area contributed by atoms with Crippen molar-refractivity contribution in [2.75, 3.05) is 5.32 Å². The Labute approximate surface area is 162 Å². The van der Waals surface area contributed by atoms with Gasteiger partial charge in [-0.25, -0.2) is 4.79 Å². The monoisotopic (exact) mass is 381 g/mol. The molecule has 0 fully saturated rings. The number of nitrogens with zero attached hydrogens (tertiary/aromatic N) is 4. The van der Waals surface area contributed by atoms with Crippen molar-refractivity contribution in [3.05, 3.63) is 64.7 Å². The van der Waals surface area contributed by atoms with Crippen LogP contribution in [0.5, 0.6) is 0 Å². The number of amides is 1. The molecule has 0 bridgehead atoms. The number of nitrogens with one attached hydrogen (secondary N) is 1. The van der Waals surface area contributed by atoms with Crippen LogP contribution in [0.1, 0.15) is 39.4 Å². The SMILES string of the molecule is Cc1ccccc1Cn1nc(C)c(NC(=O)CCn2nccc2C(=O)O)c1C. The Hall–Kier alpha value is -3.42. The second kappa shape index (κ2) is 8.08. The van der Waals surface area contributed by atoms with Crippen molar-refractivity contribution < 1.29 is 14.7 Å². The second-order valence-corrected chi connectivity index (χ2v) is 6.67. The molecule has 28 heavy (non-hydrogen) atoms. The Balaban J connectivity index is 1.68. The molecule has 2 heterocycles. The first-order valence-corrected chi connectivity index (χ1v) is 9.00. The van der Waals surface area contributed by atoms with Crippen molar-refractivity contribution in [1.82, 2.24) is 19.6 Å². The van der Waals surface area contributed by atoms with Crippen LogP contribution in [0.15, 0.2) is 36.5 Å². The van der Waals surface area contributed by atoms with E-state index in [1.54, 1.807) is 0 Å². The number of hydrogen-bond acceptors (Lipinski definition) is 4. The lowest BCUT2D eigenvalue weighted by atomic mass is 10.1. The largest absolute Gasteiger partial charge is 0.477 e. The molecule has 1 aromatic carbocycles. The van der Waals surface area contributed by atoms with Gasteiger partial charge < -0.3 is 10.4 Å². The maximum atomic E-state index is 12.4. The predicted octanol–water partition coefficient (Wildman–Crippen LogP) is 2.78. The molecule has 0 saturated carbocycles. The first-order valence-electron chi connectivity index (χ1n) is 9.00. The Morgan fingerprint density at radius 1 is 1.11 bits per heavy atom. The average Bonchev–Trinajstić information content (AvgIpc) is 3.22. The third kappa shape index (κ3) is 4.11. The van der Waals surface area contributed by atoms with E-state index >= 15 is 0 Å². The van der Waals surface area contributed by atoms with E-state index < -0.39 is 5.97 Å². The summed E-state index contributed by atoms with van der Waals surface area (Å²) in [6.07, 6.45) is 1.52. The molecule has 0 aliphatic heterocycles. The zero-order valence-corrected chi connectivity index (χ0v) is 16.1. The third-order valence-corrected chi connectivity index (χ3v) is 4.71. The minimum atomic E-state index is -1.07. The summed E-state index contributed by atoms with van der Waals surface area (Å²) in [5.74, 6) is -1.28. The van der Waals surface area contributed by atoms with Gasteiger partial charge in [-0.15, -0.1) is 0 Å². The highest BCUT2D eigenvalue weighted by Crippen LogP contribution is 2.21. The molecule has 8 nitrogen and oxygen atoms in total. The molecule has 0 radical (unpaired) electrons. The molecule has 0 unspecified atom stereocenters. The van der Waals surface area contributed by atoms with Crippen LogP contribution in [0, 0.1) is 20.8 Å². The number of benzene rings is 1. The molecule has 0 spiro atoms. The van der Waals surface area contributed by atoms with Crippen LogP contribution in [0.3, 0.4) is 0 Å². The van der Waals surface area contributed by atoms with E-state index in [1.165, 1.54) is 28.1 Å². The van der Waals surface area contributed by atoms with Gasteiger partial charge in [-0.05, 0) is 38.0 Å². The van der Waals surface area contributed by atoms with E-state index in [0.717, 1.165) is 11.4 Å². The van der Waals surface area contributed by atoms with Crippen LogP contribution in [0.2, 0.25) is 0 Å². The quantitative estimate of drug-likeness (QED) is 0.655. The van der Waals surface area contributed by atoms with E-state index in [9.17, 15) is 9.59 Å². The average molecular weight is 381 g/mol. The van der Waals surface area contributed by atoms with Crippen LogP contribution < -0.4 is 5.32 Å². The van der Waals surface area contributed by atoms with Gasteiger partial charge >= 0.3 is 5.97 Å². The summed E-state index contributed by atoms with van der Waals surface area (Å²) < 4.78 is 3.19. The van der Waals surface area contributed by atoms with Crippen molar-refractivity contribution in [3.8, 4) is 0 Å². The number of aromatic nitrogens is 4. The van der Waals surface area contributed by atoms with Crippen molar-refractivity contribution in [2.24, 2.45) is 0 Å². The molecule has 3 rings (SSSR count). The van der Waals surface area contributed by atoms with E-state index in [-0.39, 0.29) is 24.6 Å². The molecule has 0 aliphatic carbocycles. The zero-order chi connectivity index (χ0) is 20.3. The van der Waals surface area contributed by atoms with Gasteiger partial charge in [0.15, 0.2) is 0 Å². The Kier molecular flexibility index (Phi) is 5.58. The van der Waals surface area contributed by atoms with Crippen LogP contribution in [0.4, 0.5) is 5.69 Å². The molecule has 3 aromatic rings. The Morgan fingerprint density at radius 2 is 1.86 bits per heavy atom. The maximum Gasteiger partial charge on any atom is 0.354 e. The van der Waals surface area contributed by atoms with Crippen LogP contribution in [-0.4, -0.2) is 36.5 Å². The van der Waals surface area contributed by atoms with Gasteiger partial charge in [0.25, 0.3) is 0 Å². The van der Waals surface area contributed by atoms with E-state index in [4.69, 9.17) is 5.11 Å². The summed E-state index contributed by atoms with van der Waals surface area (Å²) >= 11 is 0. The van der Waals surface area contributed by atoms with Crippen LogP contribution in [0.25, 0.3) is 0 Å². The number of carbonyl (C=O) groups is 2. The fourth-order valence-corrected chi connectivity index (χ4v) is 3.08. The summed E-state index contributed by atoms with van der Waals surface area (Å²) in [7, 11) is 0. The zero-order valence-electron chi connectivity index (χ0n) is 16.1. The Morgan fingerprint density at radius 3 is 2.57 bits per heavy atom. The summed E-state index contributed by atoms with van der Waals surface area (Å²) in [5.41, 5.74) is 4.73. The number of aromatic carboxylic acids is 1. The summed E-state index contributed by atoms with van der Waals surface area (Å²) in [4.78, 5) is 23.5. The van der Waals surface area contributed by atoms with Crippen LogP contribution >= 0.6 is 0 Å². The molecule has 2 aromatic heterocycles. The van der Waals surface area contributed by atoms with Crippen molar-refractivity contribution in [1.29, 1.82) is 0 Å². The molecular weight excluding hydrogens is 358 g/mol. The summed E-state index contributed by atoms with van der Waals surface area (Å²) in [6.45, 7) is 6.65. The molecule has 146 valence electrons. The van der Waals surface area contributed by atoms with Crippen molar-refractivity contribution in [2.45, 2.75) is 40.3 Å².